The maximum Gasteiger partial charge on any atom is 0.267 e. The fourth-order valence-corrected chi connectivity index (χ4v) is 6.00. The van der Waals surface area contributed by atoms with Crippen molar-refractivity contribution < 1.29 is 9.53 Å². The number of thiophene rings is 1. The van der Waals surface area contributed by atoms with Gasteiger partial charge in [0, 0.05) is 36.2 Å². The number of carbonyl (C=O) groups is 1. The summed E-state index contributed by atoms with van der Waals surface area (Å²) in [5, 5.41) is 1.41. The fourth-order valence-electron chi connectivity index (χ4n) is 3.71. The third-order valence-corrected chi connectivity index (χ3v) is 7.39. The zero-order valence-corrected chi connectivity index (χ0v) is 19.1. The number of benzene rings is 1. The molecule has 1 aliphatic rings. The fraction of sp³-hybridized carbons (Fsp3) is 0.409. The number of ether oxygens (including phenoxy) is 1. The first-order chi connectivity index (χ1) is 14.5. The molecule has 0 spiro atoms. The SMILES string of the molecule is COc1cccc(-n2c(SCCCC(C)=O)nc3sc4c(c3c2=O)CCN(C)C4)c1. The van der Waals surface area contributed by atoms with Crippen LogP contribution in [0.2, 0.25) is 0 Å². The molecule has 2 aromatic heterocycles. The van der Waals surface area contributed by atoms with Crippen LogP contribution in [0.3, 0.4) is 0 Å². The maximum atomic E-state index is 13.7. The minimum atomic E-state index is -0.0237. The summed E-state index contributed by atoms with van der Waals surface area (Å²) < 4.78 is 7.08. The highest BCUT2D eigenvalue weighted by Crippen LogP contribution is 2.34. The lowest BCUT2D eigenvalue weighted by Crippen LogP contribution is -2.27. The molecule has 0 amide bonds. The number of aromatic nitrogens is 2. The molecule has 0 saturated heterocycles. The number of hydrogen-bond donors (Lipinski definition) is 0. The first-order valence-electron chi connectivity index (χ1n) is 10.0. The monoisotopic (exact) mass is 443 g/mol. The van der Waals surface area contributed by atoms with Crippen LogP contribution in [0.25, 0.3) is 15.9 Å². The number of methoxy groups -OCH3 is 1. The average molecular weight is 444 g/mol. The predicted molar refractivity (Wildman–Crippen MR) is 122 cm³/mol. The molecule has 6 nitrogen and oxygen atoms in total. The number of hydrogen-bond acceptors (Lipinski definition) is 7. The van der Waals surface area contributed by atoms with Crippen LogP contribution < -0.4 is 10.3 Å². The predicted octanol–water partition coefficient (Wildman–Crippen LogP) is 3.91. The highest BCUT2D eigenvalue weighted by atomic mass is 32.2. The molecule has 0 fully saturated rings. The lowest BCUT2D eigenvalue weighted by molar-refractivity contribution is -0.117. The summed E-state index contributed by atoms with van der Waals surface area (Å²) in [6.07, 6.45) is 2.17. The van der Waals surface area contributed by atoms with Gasteiger partial charge < -0.3 is 14.4 Å². The molecule has 3 aromatic rings. The van der Waals surface area contributed by atoms with Gasteiger partial charge in [-0.2, -0.15) is 0 Å². The minimum Gasteiger partial charge on any atom is -0.497 e. The van der Waals surface area contributed by atoms with Crippen LogP contribution >= 0.6 is 23.1 Å². The molecule has 0 saturated carbocycles. The topological polar surface area (TPSA) is 64.4 Å². The zero-order valence-electron chi connectivity index (χ0n) is 17.4. The van der Waals surface area contributed by atoms with Gasteiger partial charge in [-0.15, -0.1) is 11.3 Å². The second-order valence-electron chi connectivity index (χ2n) is 7.56. The van der Waals surface area contributed by atoms with E-state index in [4.69, 9.17) is 9.72 Å². The van der Waals surface area contributed by atoms with Crippen molar-refractivity contribution in [3.05, 3.63) is 45.1 Å². The van der Waals surface area contributed by atoms with E-state index in [-0.39, 0.29) is 11.3 Å². The van der Waals surface area contributed by atoms with Gasteiger partial charge in [-0.3, -0.25) is 9.36 Å². The van der Waals surface area contributed by atoms with E-state index in [1.54, 1.807) is 29.9 Å². The Labute approximate surface area is 183 Å². The van der Waals surface area contributed by atoms with Gasteiger partial charge in [0.2, 0.25) is 0 Å². The average Bonchev–Trinajstić information content (AvgIpc) is 3.08. The van der Waals surface area contributed by atoms with Crippen LogP contribution in [0.15, 0.2) is 34.2 Å². The third kappa shape index (κ3) is 4.17. The Bertz CT molecular complexity index is 1150. The summed E-state index contributed by atoms with van der Waals surface area (Å²) in [4.78, 5) is 34.2. The summed E-state index contributed by atoms with van der Waals surface area (Å²) in [6, 6.07) is 7.51. The Hall–Kier alpha value is -2.16. The number of rotatable bonds is 7. The first-order valence-corrected chi connectivity index (χ1v) is 11.8. The Kier molecular flexibility index (Phi) is 6.26. The lowest BCUT2D eigenvalue weighted by Gasteiger charge is -2.21. The van der Waals surface area contributed by atoms with Gasteiger partial charge in [-0.1, -0.05) is 17.8 Å². The highest BCUT2D eigenvalue weighted by molar-refractivity contribution is 7.99. The van der Waals surface area contributed by atoms with E-state index in [1.807, 2.05) is 24.3 Å². The quantitative estimate of drug-likeness (QED) is 0.313. The van der Waals surface area contributed by atoms with Crippen LogP contribution in [-0.4, -0.2) is 46.7 Å². The van der Waals surface area contributed by atoms with Crippen LogP contribution in [0.1, 0.15) is 30.2 Å². The van der Waals surface area contributed by atoms with Crippen molar-refractivity contribution in [3.63, 3.8) is 0 Å². The first kappa shape index (κ1) is 21.1. The smallest absolute Gasteiger partial charge is 0.267 e. The van der Waals surface area contributed by atoms with E-state index in [0.717, 1.165) is 53.2 Å². The molecule has 0 unspecified atom stereocenters. The number of ketones is 1. The zero-order chi connectivity index (χ0) is 21.3. The van der Waals surface area contributed by atoms with E-state index < -0.39 is 0 Å². The van der Waals surface area contributed by atoms with E-state index in [2.05, 4.69) is 11.9 Å². The Morgan fingerprint density at radius 3 is 2.97 bits per heavy atom. The Morgan fingerprint density at radius 1 is 1.37 bits per heavy atom. The van der Waals surface area contributed by atoms with Crippen LogP contribution in [0, 0.1) is 0 Å². The van der Waals surface area contributed by atoms with Gasteiger partial charge in [0.1, 0.15) is 16.4 Å². The van der Waals surface area contributed by atoms with Crippen LogP contribution in [0.4, 0.5) is 0 Å². The Balaban J connectivity index is 1.84. The molecule has 0 bridgehead atoms. The Morgan fingerprint density at radius 2 is 2.20 bits per heavy atom. The number of likely N-dealkylation sites (N-methyl/N-ethyl adjacent to an activating group) is 1. The van der Waals surface area contributed by atoms with Crippen molar-refractivity contribution in [3.8, 4) is 11.4 Å². The van der Waals surface area contributed by atoms with Crippen LogP contribution in [-0.2, 0) is 17.8 Å². The number of nitrogens with zero attached hydrogens (tertiary/aromatic N) is 3. The van der Waals surface area contributed by atoms with Crippen molar-refractivity contribution in [1.82, 2.24) is 14.5 Å². The molecule has 158 valence electrons. The van der Waals surface area contributed by atoms with E-state index in [0.29, 0.717) is 17.3 Å². The van der Waals surface area contributed by atoms with Gasteiger partial charge in [0.15, 0.2) is 5.16 Å². The molecule has 1 aliphatic heterocycles. The summed E-state index contributed by atoms with van der Waals surface area (Å²) >= 11 is 3.16. The molecule has 0 N–H and O–H groups in total. The summed E-state index contributed by atoms with van der Waals surface area (Å²) in [5.74, 6) is 1.61. The van der Waals surface area contributed by atoms with Gasteiger partial charge >= 0.3 is 0 Å². The summed E-state index contributed by atoms with van der Waals surface area (Å²) in [7, 11) is 3.72. The molecule has 30 heavy (non-hydrogen) atoms. The van der Waals surface area contributed by atoms with Gasteiger partial charge in [0.25, 0.3) is 5.56 Å². The molecule has 3 heterocycles. The molecule has 0 aliphatic carbocycles. The van der Waals surface area contributed by atoms with Crippen molar-refractivity contribution >= 4 is 39.1 Å². The molecule has 1 aromatic carbocycles. The number of thioether (sulfide) groups is 1. The molecule has 0 atom stereocenters. The minimum absolute atomic E-state index is 0.0237. The normalized spacial score (nSPS) is 14.1. The lowest BCUT2D eigenvalue weighted by atomic mass is 10.1. The molecular formula is C22H25N3O3S2. The molecule has 8 heteroatoms. The number of Topliss-reactive ketones (excluding diaryl/α,β-unsaturated/α-hetero) is 1. The second-order valence-corrected chi connectivity index (χ2v) is 9.71. The van der Waals surface area contributed by atoms with Gasteiger partial charge in [0.05, 0.1) is 18.2 Å². The van der Waals surface area contributed by atoms with Crippen LogP contribution in [0.5, 0.6) is 5.75 Å². The van der Waals surface area contributed by atoms with Gasteiger partial charge in [-0.25, -0.2) is 4.98 Å². The number of carbonyl (C=O) groups excluding carboxylic acids is 1. The standard InChI is InChI=1S/C22H25N3O3S2/c1-14(26)6-5-11-29-22-23-20-19(17-9-10-24(2)13-18(17)30-20)21(27)25(22)15-7-4-8-16(12-15)28-3/h4,7-8,12H,5-6,9-11,13H2,1-3H3. The van der Waals surface area contributed by atoms with Crippen molar-refractivity contribution in [2.45, 2.75) is 37.9 Å². The van der Waals surface area contributed by atoms with Crippen molar-refractivity contribution in [2.75, 3.05) is 26.5 Å². The van der Waals surface area contributed by atoms with E-state index in [9.17, 15) is 9.59 Å². The number of fused-ring (bicyclic) bond motifs is 3. The highest BCUT2D eigenvalue weighted by Gasteiger charge is 2.24. The largest absolute Gasteiger partial charge is 0.497 e. The molecule has 4 rings (SSSR count). The van der Waals surface area contributed by atoms with Crippen molar-refractivity contribution in [1.29, 1.82) is 0 Å². The summed E-state index contributed by atoms with van der Waals surface area (Å²) in [5.41, 5.74) is 1.87. The second kappa shape index (κ2) is 8.91. The van der Waals surface area contributed by atoms with E-state index >= 15 is 0 Å². The maximum absolute atomic E-state index is 13.7. The van der Waals surface area contributed by atoms with E-state index in [1.165, 1.54) is 16.6 Å². The van der Waals surface area contributed by atoms with Crippen molar-refractivity contribution in [2.24, 2.45) is 0 Å². The molecular weight excluding hydrogens is 418 g/mol. The summed E-state index contributed by atoms with van der Waals surface area (Å²) in [6.45, 7) is 3.41. The third-order valence-electron chi connectivity index (χ3n) is 5.25. The molecule has 0 radical (unpaired) electrons. The van der Waals surface area contributed by atoms with Gasteiger partial charge in [-0.05, 0) is 44.5 Å².